The van der Waals surface area contributed by atoms with Crippen LogP contribution in [0.2, 0.25) is 0 Å². The number of hydrogen-bond acceptors (Lipinski definition) is 4. The Balaban J connectivity index is 1.94. The van der Waals surface area contributed by atoms with E-state index in [4.69, 9.17) is 8.83 Å². The molecule has 0 atom stereocenters. The van der Waals surface area contributed by atoms with Crippen LogP contribution in [0.4, 0.5) is 0 Å². The molecule has 4 aromatic rings. The molecule has 0 N–H and O–H groups in total. The predicted octanol–water partition coefficient (Wildman–Crippen LogP) is 2.29. The summed E-state index contributed by atoms with van der Waals surface area (Å²) in [5.41, 5.74) is 4.53. The highest BCUT2D eigenvalue weighted by Gasteiger charge is 2.38. The fourth-order valence-corrected chi connectivity index (χ4v) is 2.70. The Morgan fingerprint density at radius 3 is 2.95 bits per heavy atom. The van der Waals surface area contributed by atoms with Crippen LogP contribution in [-0.2, 0) is 6.54 Å². The van der Waals surface area contributed by atoms with E-state index in [1.165, 1.54) is 0 Å². The van der Waals surface area contributed by atoms with Crippen LogP contribution in [0.15, 0.2) is 45.5 Å². The molecular formula is C14H8N3O2+. The lowest BCUT2D eigenvalue weighted by molar-refractivity contribution is -0.648. The van der Waals surface area contributed by atoms with E-state index in [0.29, 0.717) is 5.78 Å². The minimum atomic E-state index is 0.514. The zero-order valence-corrected chi connectivity index (χ0v) is 9.83. The van der Waals surface area contributed by atoms with Crippen LogP contribution < -0.4 is 4.57 Å². The fourth-order valence-electron chi connectivity index (χ4n) is 2.70. The Bertz CT molecular complexity index is 952. The summed E-state index contributed by atoms with van der Waals surface area (Å²) in [7, 11) is 0. The molecule has 0 amide bonds. The molecule has 19 heavy (non-hydrogen) atoms. The van der Waals surface area contributed by atoms with Gasteiger partial charge in [0.05, 0.1) is 5.56 Å². The van der Waals surface area contributed by atoms with Crippen molar-refractivity contribution < 1.29 is 13.4 Å². The van der Waals surface area contributed by atoms with Gasteiger partial charge in [-0.3, -0.25) is 0 Å². The highest BCUT2D eigenvalue weighted by molar-refractivity contribution is 5.95. The van der Waals surface area contributed by atoms with Crippen molar-refractivity contribution >= 4 is 22.4 Å². The van der Waals surface area contributed by atoms with Crippen molar-refractivity contribution in [1.82, 2.24) is 9.97 Å². The van der Waals surface area contributed by atoms with Gasteiger partial charge in [0.2, 0.25) is 0 Å². The first-order valence-electron chi connectivity index (χ1n) is 6.06. The fraction of sp³-hybridized carbons (Fsp3) is 0.0714. The molecule has 5 heterocycles. The van der Waals surface area contributed by atoms with Crippen molar-refractivity contribution in [3.8, 4) is 11.6 Å². The van der Waals surface area contributed by atoms with Gasteiger partial charge in [-0.05, 0) is 24.3 Å². The third-order valence-corrected chi connectivity index (χ3v) is 3.52. The number of oxazole rings is 1. The lowest BCUT2D eigenvalue weighted by Crippen LogP contribution is -2.30. The third kappa shape index (κ3) is 1.03. The molecule has 90 valence electrons. The number of rotatable bonds is 0. The van der Waals surface area contributed by atoms with Gasteiger partial charge in [0.15, 0.2) is 23.3 Å². The lowest BCUT2D eigenvalue weighted by atomic mass is 10.2. The van der Waals surface area contributed by atoms with Gasteiger partial charge >= 0.3 is 17.2 Å². The molecule has 0 bridgehead atoms. The first-order chi connectivity index (χ1) is 9.42. The van der Waals surface area contributed by atoms with E-state index in [-0.39, 0.29) is 0 Å². The monoisotopic (exact) mass is 250 g/mol. The molecule has 4 aromatic heterocycles. The summed E-state index contributed by atoms with van der Waals surface area (Å²) < 4.78 is 13.6. The zero-order chi connectivity index (χ0) is 12.4. The van der Waals surface area contributed by atoms with E-state index in [2.05, 4.69) is 20.6 Å². The summed E-state index contributed by atoms with van der Waals surface area (Å²) in [5.74, 6) is 1.26. The van der Waals surface area contributed by atoms with Crippen molar-refractivity contribution in [2.24, 2.45) is 0 Å². The SMILES string of the molecule is c1cnc2c(c1)C[n+]1c-2oc2oc3cccnc3c21. The number of pyridine rings is 2. The Kier molecular flexibility index (Phi) is 1.46. The number of aromatic nitrogens is 3. The highest BCUT2D eigenvalue weighted by atomic mass is 16.5. The third-order valence-electron chi connectivity index (χ3n) is 3.52. The van der Waals surface area contributed by atoms with E-state index < -0.39 is 0 Å². The van der Waals surface area contributed by atoms with Crippen LogP contribution in [0, 0.1) is 0 Å². The largest absolute Gasteiger partial charge is 0.418 e. The zero-order valence-electron chi connectivity index (χ0n) is 9.83. The van der Waals surface area contributed by atoms with Crippen molar-refractivity contribution in [2.75, 3.05) is 0 Å². The molecule has 0 unspecified atom stereocenters. The molecule has 0 saturated heterocycles. The second-order valence-corrected chi connectivity index (χ2v) is 4.59. The maximum absolute atomic E-state index is 5.82. The Labute approximate surface area is 107 Å². The smallest absolute Gasteiger partial charge is 0.404 e. The van der Waals surface area contributed by atoms with E-state index >= 15 is 0 Å². The van der Waals surface area contributed by atoms with Gasteiger partial charge in [0, 0.05) is 12.4 Å². The van der Waals surface area contributed by atoms with Crippen molar-refractivity contribution in [1.29, 1.82) is 0 Å². The molecule has 0 aromatic carbocycles. The molecule has 0 aliphatic carbocycles. The minimum Gasteiger partial charge on any atom is -0.418 e. The van der Waals surface area contributed by atoms with Gasteiger partial charge in [0.1, 0.15) is 0 Å². The normalized spacial score (nSPS) is 13.1. The Hall–Kier alpha value is -2.69. The molecule has 5 nitrogen and oxygen atoms in total. The lowest BCUT2D eigenvalue weighted by Gasteiger charge is -1.87. The van der Waals surface area contributed by atoms with Crippen molar-refractivity contribution in [3.63, 3.8) is 0 Å². The standard InChI is InChI=1S/C14H8N3O2/c1-3-8-7-17-12-11-9(4-2-6-16-11)18-14(12)19-13(17)10(8)15-5-1/h1-6H,7H2/q+1. The summed E-state index contributed by atoms with van der Waals surface area (Å²) in [5, 5.41) is 0. The first kappa shape index (κ1) is 9.27. The predicted molar refractivity (Wildman–Crippen MR) is 66.3 cm³/mol. The van der Waals surface area contributed by atoms with Gasteiger partial charge in [0.25, 0.3) is 0 Å². The average molecular weight is 250 g/mol. The van der Waals surface area contributed by atoms with Gasteiger partial charge < -0.3 is 8.83 Å². The van der Waals surface area contributed by atoms with Crippen LogP contribution in [0.1, 0.15) is 5.56 Å². The van der Waals surface area contributed by atoms with Gasteiger partial charge in [-0.2, -0.15) is 0 Å². The summed E-state index contributed by atoms with van der Waals surface area (Å²) in [6, 6.07) is 7.75. The van der Waals surface area contributed by atoms with Crippen molar-refractivity contribution in [2.45, 2.75) is 6.54 Å². The summed E-state index contributed by atoms with van der Waals surface area (Å²) in [6.07, 6.45) is 3.53. The topological polar surface area (TPSA) is 55.9 Å². The number of hydrogen-bond donors (Lipinski definition) is 0. The van der Waals surface area contributed by atoms with E-state index in [0.717, 1.165) is 40.3 Å². The molecule has 5 rings (SSSR count). The van der Waals surface area contributed by atoms with Crippen molar-refractivity contribution in [3.05, 3.63) is 42.2 Å². The second-order valence-electron chi connectivity index (χ2n) is 4.59. The van der Waals surface area contributed by atoms with Crippen LogP contribution in [0.3, 0.4) is 0 Å². The van der Waals surface area contributed by atoms with Gasteiger partial charge in [-0.25, -0.2) is 9.97 Å². The van der Waals surface area contributed by atoms with E-state index in [1.807, 2.05) is 18.2 Å². The van der Waals surface area contributed by atoms with Crippen LogP contribution in [0.25, 0.3) is 34.0 Å². The van der Waals surface area contributed by atoms with Crippen LogP contribution >= 0.6 is 0 Å². The molecule has 0 fully saturated rings. The molecule has 1 aliphatic rings. The maximum Gasteiger partial charge on any atom is 0.404 e. The van der Waals surface area contributed by atoms with E-state index in [9.17, 15) is 0 Å². The number of nitrogens with zero attached hydrogens (tertiary/aromatic N) is 3. The Morgan fingerprint density at radius 1 is 1.05 bits per heavy atom. The second kappa shape index (κ2) is 3.00. The maximum atomic E-state index is 5.82. The summed E-state index contributed by atoms with van der Waals surface area (Å²) in [6.45, 7) is 0.747. The van der Waals surface area contributed by atoms with Gasteiger partial charge in [-0.15, -0.1) is 4.57 Å². The average Bonchev–Trinajstić information content (AvgIpc) is 3.05. The Morgan fingerprint density at radius 2 is 1.95 bits per heavy atom. The summed E-state index contributed by atoms with van der Waals surface area (Å²) >= 11 is 0. The molecule has 5 heteroatoms. The summed E-state index contributed by atoms with van der Waals surface area (Å²) in [4.78, 5) is 8.77. The minimum absolute atomic E-state index is 0.514. The van der Waals surface area contributed by atoms with Gasteiger partial charge in [-0.1, -0.05) is 0 Å². The number of furan rings is 1. The first-order valence-corrected chi connectivity index (χ1v) is 6.06. The molecule has 1 aliphatic heterocycles. The molecule has 0 spiro atoms. The highest BCUT2D eigenvalue weighted by Crippen LogP contribution is 2.33. The molecule has 0 saturated carbocycles. The van der Waals surface area contributed by atoms with Crippen LogP contribution in [-0.4, -0.2) is 9.97 Å². The van der Waals surface area contributed by atoms with E-state index in [1.54, 1.807) is 12.4 Å². The molecular weight excluding hydrogens is 242 g/mol. The number of fused-ring (bicyclic) bond motifs is 7. The molecule has 0 radical (unpaired) electrons. The quantitative estimate of drug-likeness (QED) is 0.396. The van der Waals surface area contributed by atoms with Crippen LogP contribution in [0.5, 0.6) is 0 Å².